The van der Waals surface area contributed by atoms with Crippen molar-refractivity contribution in [1.29, 1.82) is 5.26 Å². The first-order valence-electron chi connectivity index (χ1n) is 9.28. The van der Waals surface area contributed by atoms with Crippen LogP contribution in [0.3, 0.4) is 0 Å². The molecule has 2 atom stereocenters. The van der Waals surface area contributed by atoms with Crippen molar-refractivity contribution < 1.29 is 14.2 Å². The summed E-state index contributed by atoms with van der Waals surface area (Å²) >= 11 is 0. The zero-order valence-corrected chi connectivity index (χ0v) is 15.8. The Balaban J connectivity index is 1.66. The van der Waals surface area contributed by atoms with E-state index in [1.807, 2.05) is 6.07 Å². The van der Waals surface area contributed by atoms with Gasteiger partial charge in [0.25, 0.3) is 0 Å². The lowest BCUT2D eigenvalue weighted by molar-refractivity contribution is 0.136. The average molecular weight is 362 g/mol. The Morgan fingerprint density at radius 1 is 1.11 bits per heavy atom. The molecule has 5 heteroatoms. The molecule has 5 rings (SSSR count). The molecule has 5 nitrogen and oxygen atoms in total. The highest BCUT2D eigenvalue weighted by molar-refractivity contribution is 5.61. The molecular formula is C22H22N2O3. The second kappa shape index (κ2) is 5.64. The Kier molecular flexibility index (Phi) is 3.44. The molecule has 0 saturated heterocycles. The van der Waals surface area contributed by atoms with E-state index in [1.165, 1.54) is 22.3 Å². The normalized spacial score (nSPS) is 24.6. The summed E-state index contributed by atoms with van der Waals surface area (Å²) in [6.07, 6.45) is 2.05. The van der Waals surface area contributed by atoms with Crippen molar-refractivity contribution in [2.45, 2.75) is 30.8 Å². The predicted molar refractivity (Wildman–Crippen MR) is 100 cm³/mol. The molecule has 2 aromatic rings. The first-order chi connectivity index (χ1) is 13.2. The molecule has 0 radical (unpaired) electrons. The van der Waals surface area contributed by atoms with Crippen LogP contribution in [0.4, 0.5) is 0 Å². The van der Waals surface area contributed by atoms with E-state index < -0.39 is 0 Å². The highest BCUT2D eigenvalue weighted by Crippen LogP contribution is 2.68. The minimum Gasteiger partial charge on any atom is -0.495 e. The molecule has 0 amide bonds. The van der Waals surface area contributed by atoms with Gasteiger partial charge in [-0.15, -0.1) is 0 Å². The lowest BCUT2D eigenvalue weighted by Gasteiger charge is -2.42. The summed E-state index contributed by atoms with van der Waals surface area (Å²) in [5.74, 6) is 2.76. The Bertz CT molecular complexity index is 994. The van der Waals surface area contributed by atoms with Crippen molar-refractivity contribution in [2.24, 2.45) is 0 Å². The number of methoxy groups -OCH3 is 3. The molecule has 0 bridgehead atoms. The molecule has 27 heavy (non-hydrogen) atoms. The van der Waals surface area contributed by atoms with Crippen molar-refractivity contribution in [3.8, 4) is 23.3 Å². The van der Waals surface area contributed by atoms with Crippen molar-refractivity contribution >= 4 is 0 Å². The lowest BCUT2D eigenvalue weighted by atomic mass is 9.82. The fourth-order valence-corrected chi connectivity index (χ4v) is 5.29. The molecule has 3 aliphatic rings. The van der Waals surface area contributed by atoms with E-state index in [0.29, 0.717) is 17.2 Å². The number of hydrogen-bond acceptors (Lipinski definition) is 5. The Labute approximate surface area is 159 Å². The summed E-state index contributed by atoms with van der Waals surface area (Å²) in [6, 6.07) is 10.6. The van der Waals surface area contributed by atoms with Crippen LogP contribution in [-0.4, -0.2) is 32.8 Å². The second-order valence-corrected chi connectivity index (χ2v) is 7.54. The van der Waals surface area contributed by atoms with Gasteiger partial charge in [0.2, 0.25) is 0 Å². The van der Waals surface area contributed by atoms with Crippen LogP contribution in [0.5, 0.6) is 17.2 Å². The third-order valence-corrected chi connectivity index (χ3v) is 6.57. The molecule has 0 N–H and O–H groups in total. The van der Waals surface area contributed by atoms with E-state index in [4.69, 9.17) is 14.2 Å². The van der Waals surface area contributed by atoms with Gasteiger partial charge >= 0.3 is 0 Å². The molecule has 2 aromatic carbocycles. The van der Waals surface area contributed by atoms with Gasteiger partial charge in [-0.2, -0.15) is 5.26 Å². The predicted octanol–water partition coefficient (Wildman–Crippen LogP) is 3.34. The van der Waals surface area contributed by atoms with Crippen LogP contribution in [0.25, 0.3) is 0 Å². The van der Waals surface area contributed by atoms with Crippen molar-refractivity contribution in [1.82, 2.24) is 4.90 Å². The first-order valence-corrected chi connectivity index (χ1v) is 9.28. The molecular weight excluding hydrogens is 340 g/mol. The lowest BCUT2D eigenvalue weighted by Crippen LogP contribution is -2.44. The SMILES string of the molecule is COc1cc2c(cc1C#N)C13C[C@@H]1c1ccc(OC)c(OC)c1CN3CC2. The fraction of sp³-hybridized carbons (Fsp3) is 0.409. The molecule has 2 aliphatic heterocycles. The third kappa shape index (κ3) is 2.02. The fourth-order valence-electron chi connectivity index (χ4n) is 5.29. The van der Waals surface area contributed by atoms with E-state index in [0.717, 1.165) is 37.4 Å². The Morgan fingerprint density at radius 3 is 2.63 bits per heavy atom. The highest BCUT2D eigenvalue weighted by atomic mass is 16.5. The molecule has 1 spiro atoms. The van der Waals surface area contributed by atoms with Gasteiger partial charge in [-0.1, -0.05) is 6.07 Å². The van der Waals surface area contributed by atoms with Gasteiger partial charge in [0.05, 0.1) is 32.4 Å². The molecule has 1 unspecified atom stereocenters. The average Bonchev–Trinajstić information content (AvgIpc) is 3.46. The van der Waals surface area contributed by atoms with Gasteiger partial charge in [0.15, 0.2) is 11.5 Å². The van der Waals surface area contributed by atoms with E-state index in [1.54, 1.807) is 21.3 Å². The topological polar surface area (TPSA) is 54.7 Å². The first kappa shape index (κ1) is 16.5. The smallest absolute Gasteiger partial charge is 0.165 e. The van der Waals surface area contributed by atoms with Crippen LogP contribution >= 0.6 is 0 Å². The number of nitrogens with zero attached hydrogens (tertiary/aromatic N) is 2. The Morgan fingerprint density at radius 2 is 1.93 bits per heavy atom. The molecule has 138 valence electrons. The number of rotatable bonds is 3. The standard InChI is InChI=1S/C22H22N2O3/c1-25-19-5-4-15-16(21(19)27-3)12-24-7-6-13-9-20(26-2)14(11-23)8-17(13)22(24)10-18(15)22/h4-5,8-9,18H,6-7,10,12H2,1-3H3/t18-,22?/m1/s1. The number of ether oxygens (including phenoxy) is 3. The summed E-state index contributed by atoms with van der Waals surface area (Å²) in [4.78, 5) is 2.57. The van der Waals surface area contributed by atoms with Gasteiger partial charge in [0.1, 0.15) is 11.8 Å². The van der Waals surface area contributed by atoms with Crippen LogP contribution in [0.1, 0.15) is 40.2 Å². The van der Waals surface area contributed by atoms with E-state index in [9.17, 15) is 5.26 Å². The van der Waals surface area contributed by atoms with Gasteiger partial charge < -0.3 is 14.2 Å². The summed E-state index contributed by atoms with van der Waals surface area (Å²) in [6.45, 7) is 1.85. The minimum atomic E-state index is 0.0120. The number of benzene rings is 2. The van der Waals surface area contributed by atoms with E-state index in [2.05, 4.69) is 29.2 Å². The summed E-state index contributed by atoms with van der Waals surface area (Å²) in [5, 5.41) is 9.55. The number of hydrogen-bond donors (Lipinski definition) is 0. The van der Waals surface area contributed by atoms with Crippen LogP contribution in [0.15, 0.2) is 24.3 Å². The number of fused-ring (bicyclic) bond motifs is 3. The van der Waals surface area contributed by atoms with Crippen molar-refractivity contribution in [3.05, 3.63) is 52.1 Å². The highest BCUT2D eigenvalue weighted by Gasteiger charge is 2.64. The van der Waals surface area contributed by atoms with E-state index >= 15 is 0 Å². The zero-order chi connectivity index (χ0) is 18.8. The monoisotopic (exact) mass is 362 g/mol. The van der Waals surface area contributed by atoms with Crippen LogP contribution in [0, 0.1) is 11.3 Å². The maximum Gasteiger partial charge on any atom is 0.165 e. The molecule has 1 aliphatic carbocycles. The van der Waals surface area contributed by atoms with Crippen LogP contribution < -0.4 is 14.2 Å². The minimum absolute atomic E-state index is 0.0120. The van der Waals surface area contributed by atoms with Crippen molar-refractivity contribution in [2.75, 3.05) is 27.9 Å². The van der Waals surface area contributed by atoms with Gasteiger partial charge in [-0.3, -0.25) is 4.90 Å². The summed E-state index contributed by atoms with van der Waals surface area (Å²) in [7, 11) is 5.03. The quantitative estimate of drug-likeness (QED) is 0.838. The summed E-state index contributed by atoms with van der Waals surface area (Å²) < 4.78 is 16.6. The molecule has 1 saturated carbocycles. The summed E-state index contributed by atoms with van der Waals surface area (Å²) in [5.41, 5.74) is 5.85. The molecule has 0 aromatic heterocycles. The molecule has 2 heterocycles. The van der Waals surface area contributed by atoms with Gasteiger partial charge in [-0.25, -0.2) is 0 Å². The second-order valence-electron chi connectivity index (χ2n) is 7.54. The van der Waals surface area contributed by atoms with E-state index in [-0.39, 0.29) is 5.54 Å². The Hall–Kier alpha value is -2.71. The maximum absolute atomic E-state index is 9.55. The molecule has 1 fully saturated rings. The van der Waals surface area contributed by atoms with Gasteiger partial charge in [0, 0.05) is 24.6 Å². The maximum atomic E-state index is 9.55. The largest absolute Gasteiger partial charge is 0.495 e. The van der Waals surface area contributed by atoms with Gasteiger partial charge in [-0.05, 0) is 47.7 Å². The number of nitriles is 1. The van der Waals surface area contributed by atoms with Crippen LogP contribution in [0.2, 0.25) is 0 Å². The zero-order valence-electron chi connectivity index (χ0n) is 15.8. The van der Waals surface area contributed by atoms with Crippen molar-refractivity contribution in [3.63, 3.8) is 0 Å². The van der Waals surface area contributed by atoms with Crippen LogP contribution in [-0.2, 0) is 18.5 Å². The third-order valence-electron chi connectivity index (χ3n) is 6.57.